The Hall–Kier alpha value is -1.64. The predicted molar refractivity (Wildman–Crippen MR) is 103 cm³/mol. The lowest BCUT2D eigenvalue weighted by Crippen LogP contribution is -2.23. The minimum absolute atomic E-state index is 0.102. The fraction of sp³-hybridized carbons (Fsp3) is 0.619. The molecule has 136 valence electrons. The van der Waals surface area contributed by atoms with Crippen molar-refractivity contribution in [2.24, 2.45) is 0 Å². The zero-order valence-electron chi connectivity index (χ0n) is 16.2. The van der Waals surface area contributed by atoms with E-state index in [4.69, 9.17) is 0 Å². The Labute approximate surface area is 148 Å². The number of ketones is 1. The zero-order chi connectivity index (χ0) is 18.4. The van der Waals surface area contributed by atoms with Gasteiger partial charge in [0.25, 0.3) is 0 Å². The second kappa shape index (κ2) is 13.8. The van der Waals surface area contributed by atoms with Crippen LogP contribution >= 0.6 is 0 Å². The van der Waals surface area contributed by atoms with Crippen molar-refractivity contribution >= 4 is 11.7 Å². The van der Waals surface area contributed by atoms with Gasteiger partial charge in [-0.15, -0.1) is 0 Å². The number of carbonyl (C=O) groups excluding carboxylic acids is 2. The predicted octanol–water partition coefficient (Wildman–Crippen LogP) is 5.28. The third kappa shape index (κ3) is 14.0. The highest BCUT2D eigenvalue weighted by atomic mass is 16.1. The Kier molecular flexibility index (Phi) is 12.8. The Bertz CT molecular complexity index is 484. The Morgan fingerprint density at radius 2 is 1.21 bits per heavy atom. The fourth-order valence-corrected chi connectivity index (χ4v) is 2.25. The van der Waals surface area contributed by atoms with E-state index < -0.39 is 0 Å². The Morgan fingerprint density at radius 3 is 1.67 bits per heavy atom. The molecular formula is C21H35NO2. The largest absolute Gasteiger partial charge is 0.352 e. The van der Waals surface area contributed by atoms with E-state index in [1.165, 1.54) is 16.7 Å². The molecule has 0 bridgehead atoms. The molecule has 0 aromatic rings. The van der Waals surface area contributed by atoms with Gasteiger partial charge in [0.1, 0.15) is 5.78 Å². The summed E-state index contributed by atoms with van der Waals surface area (Å²) in [6.45, 7) is 10.5. The zero-order valence-corrected chi connectivity index (χ0v) is 16.2. The maximum atomic E-state index is 11.2. The summed E-state index contributed by atoms with van der Waals surface area (Å²) in [7, 11) is 0. The molecule has 0 aromatic heterocycles. The lowest BCUT2D eigenvalue weighted by atomic mass is 10.1. The number of hydrogen-bond donors (Lipinski definition) is 1. The van der Waals surface area contributed by atoms with Crippen LogP contribution in [-0.2, 0) is 9.59 Å². The molecule has 0 saturated carbocycles. The molecule has 0 aromatic carbocycles. The van der Waals surface area contributed by atoms with Crippen LogP contribution < -0.4 is 5.32 Å². The Balaban J connectivity index is 3.98. The maximum absolute atomic E-state index is 11.2. The number of rotatable bonds is 12. The van der Waals surface area contributed by atoms with E-state index in [-0.39, 0.29) is 11.7 Å². The first-order valence-electron chi connectivity index (χ1n) is 9.08. The van der Waals surface area contributed by atoms with E-state index in [9.17, 15) is 9.59 Å². The summed E-state index contributed by atoms with van der Waals surface area (Å²) in [6, 6.07) is 0. The van der Waals surface area contributed by atoms with Crippen molar-refractivity contribution in [3.63, 3.8) is 0 Å². The number of Topliss-reactive ketones (excluding diaryl/α,β-unsaturated/α-hetero) is 1. The lowest BCUT2D eigenvalue weighted by Gasteiger charge is -2.04. The quantitative estimate of drug-likeness (QED) is 0.494. The number of carbonyl (C=O) groups is 2. The van der Waals surface area contributed by atoms with E-state index in [1.54, 1.807) is 6.92 Å². The summed E-state index contributed by atoms with van der Waals surface area (Å²) >= 11 is 0. The molecular weight excluding hydrogens is 298 g/mol. The molecule has 0 rings (SSSR count). The van der Waals surface area contributed by atoms with Gasteiger partial charge in [-0.1, -0.05) is 41.9 Å². The third-order valence-corrected chi connectivity index (χ3v) is 3.94. The van der Waals surface area contributed by atoms with Gasteiger partial charge in [0.15, 0.2) is 0 Å². The summed E-state index contributed by atoms with van der Waals surface area (Å²) in [4.78, 5) is 22.1. The number of amides is 1. The first kappa shape index (κ1) is 22.4. The number of allylic oxidation sites excluding steroid dienone is 5. The molecule has 0 unspecified atom stereocenters. The SMILES string of the molecule is CCC(=O)NC/C(C)=C/CC/C(C)=C/CC/C(C)=C/CCC(C)=O. The van der Waals surface area contributed by atoms with Crippen molar-refractivity contribution in [1.82, 2.24) is 5.32 Å². The molecule has 3 heteroatoms. The van der Waals surface area contributed by atoms with Crippen molar-refractivity contribution < 1.29 is 9.59 Å². The van der Waals surface area contributed by atoms with Gasteiger partial charge < -0.3 is 10.1 Å². The van der Waals surface area contributed by atoms with E-state index in [0.717, 1.165) is 32.1 Å². The Morgan fingerprint density at radius 1 is 0.750 bits per heavy atom. The summed E-state index contributed by atoms with van der Waals surface area (Å²) in [5.41, 5.74) is 3.99. The highest BCUT2D eigenvalue weighted by Crippen LogP contribution is 2.12. The van der Waals surface area contributed by atoms with Crippen molar-refractivity contribution in [2.75, 3.05) is 6.54 Å². The molecule has 0 atom stereocenters. The van der Waals surface area contributed by atoms with Crippen LogP contribution in [0.5, 0.6) is 0 Å². The molecule has 0 aliphatic carbocycles. The third-order valence-electron chi connectivity index (χ3n) is 3.94. The second-order valence-corrected chi connectivity index (χ2v) is 6.60. The van der Waals surface area contributed by atoms with Gasteiger partial charge in [-0.3, -0.25) is 4.79 Å². The van der Waals surface area contributed by atoms with Crippen LogP contribution in [0.15, 0.2) is 34.9 Å². The van der Waals surface area contributed by atoms with Crippen molar-refractivity contribution in [1.29, 1.82) is 0 Å². The molecule has 0 heterocycles. The van der Waals surface area contributed by atoms with E-state index in [2.05, 4.69) is 44.3 Å². The first-order valence-corrected chi connectivity index (χ1v) is 9.08. The van der Waals surface area contributed by atoms with Gasteiger partial charge in [0, 0.05) is 19.4 Å². The molecule has 24 heavy (non-hydrogen) atoms. The highest BCUT2D eigenvalue weighted by Gasteiger charge is 1.97. The summed E-state index contributed by atoms with van der Waals surface area (Å²) in [5.74, 6) is 0.359. The molecule has 0 radical (unpaired) electrons. The minimum Gasteiger partial charge on any atom is -0.352 e. The molecule has 1 amide bonds. The molecule has 0 aliphatic heterocycles. The van der Waals surface area contributed by atoms with E-state index in [0.29, 0.717) is 19.4 Å². The summed E-state index contributed by atoms with van der Waals surface area (Å²) < 4.78 is 0. The highest BCUT2D eigenvalue weighted by molar-refractivity contribution is 5.75. The minimum atomic E-state index is 0.102. The standard InChI is InChI=1S/C21H35NO2/c1-6-21(24)22-16-19(4)14-8-12-17(2)10-7-11-18(3)13-9-15-20(5)23/h10,13-14H,6-9,11-12,15-16H2,1-5H3,(H,22,24)/b17-10+,18-13+,19-14+. The fourth-order valence-electron chi connectivity index (χ4n) is 2.25. The molecule has 0 aliphatic rings. The number of hydrogen-bond acceptors (Lipinski definition) is 2. The van der Waals surface area contributed by atoms with Crippen molar-refractivity contribution in [3.8, 4) is 0 Å². The van der Waals surface area contributed by atoms with Crippen LogP contribution in [0.4, 0.5) is 0 Å². The van der Waals surface area contributed by atoms with Gasteiger partial charge in [0.05, 0.1) is 0 Å². The van der Waals surface area contributed by atoms with Crippen molar-refractivity contribution in [3.05, 3.63) is 34.9 Å². The van der Waals surface area contributed by atoms with Crippen LogP contribution in [0.3, 0.4) is 0 Å². The number of nitrogens with one attached hydrogen (secondary N) is 1. The van der Waals surface area contributed by atoms with Gasteiger partial charge >= 0.3 is 0 Å². The molecule has 0 fully saturated rings. The topological polar surface area (TPSA) is 46.2 Å². The van der Waals surface area contributed by atoms with Gasteiger partial charge in [-0.05, 0) is 59.8 Å². The van der Waals surface area contributed by atoms with Crippen LogP contribution in [0.2, 0.25) is 0 Å². The molecule has 1 N–H and O–H groups in total. The summed E-state index contributed by atoms with van der Waals surface area (Å²) in [6.07, 6.45) is 13.0. The average Bonchev–Trinajstić information content (AvgIpc) is 2.52. The average molecular weight is 334 g/mol. The molecule has 3 nitrogen and oxygen atoms in total. The molecule has 0 saturated heterocycles. The van der Waals surface area contributed by atoms with Crippen LogP contribution in [0, 0.1) is 0 Å². The first-order chi connectivity index (χ1) is 11.3. The van der Waals surface area contributed by atoms with E-state index >= 15 is 0 Å². The lowest BCUT2D eigenvalue weighted by molar-refractivity contribution is -0.120. The van der Waals surface area contributed by atoms with Gasteiger partial charge in [0.2, 0.25) is 5.91 Å². The van der Waals surface area contributed by atoms with Gasteiger partial charge in [-0.25, -0.2) is 0 Å². The molecule has 0 spiro atoms. The summed E-state index contributed by atoms with van der Waals surface area (Å²) in [5, 5.41) is 2.89. The van der Waals surface area contributed by atoms with Gasteiger partial charge in [-0.2, -0.15) is 0 Å². The van der Waals surface area contributed by atoms with Crippen LogP contribution in [0.1, 0.15) is 79.6 Å². The monoisotopic (exact) mass is 333 g/mol. The van der Waals surface area contributed by atoms with Crippen LogP contribution in [-0.4, -0.2) is 18.2 Å². The maximum Gasteiger partial charge on any atom is 0.219 e. The van der Waals surface area contributed by atoms with Crippen molar-refractivity contribution in [2.45, 2.75) is 79.6 Å². The smallest absolute Gasteiger partial charge is 0.219 e. The normalized spacial score (nSPS) is 13.1. The second-order valence-electron chi connectivity index (χ2n) is 6.60. The van der Waals surface area contributed by atoms with Crippen LogP contribution in [0.25, 0.3) is 0 Å². The van der Waals surface area contributed by atoms with E-state index in [1.807, 2.05) is 6.92 Å².